The van der Waals surface area contributed by atoms with E-state index in [0.29, 0.717) is 6.42 Å². The fourth-order valence-electron chi connectivity index (χ4n) is 1.81. The molecule has 1 aromatic carbocycles. The summed E-state index contributed by atoms with van der Waals surface area (Å²) < 4.78 is 0. The predicted octanol–water partition coefficient (Wildman–Crippen LogP) is 0.364. The third kappa shape index (κ3) is 2.13. The van der Waals surface area contributed by atoms with Crippen LogP contribution in [0.15, 0.2) is 30.3 Å². The van der Waals surface area contributed by atoms with E-state index in [1.165, 1.54) is 0 Å². The van der Waals surface area contributed by atoms with Gasteiger partial charge in [-0.05, 0) is 12.0 Å². The molecule has 0 bridgehead atoms. The smallest absolute Gasteiger partial charge is 0.328 e. The zero-order chi connectivity index (χ0) is 11.5. The van der Waals surface area contributed by atoms with Crippen molar-refractivity contribution in [1.82, 2.24) is 10.6 Å². The molecule has 84 valence electrons. The van der Waals surface area contributed by atoms with Crippen molar-refractivity contribution in [3.05, 3.63) is 35.9 Å². The van der Waals surface area contributed by atoms with Crippen LogP contribution in [-0.4, -0.2) is 29.2 Å². The lowest BCUT2D eigenvalue weighted by Crippen LogP contribution is -2.41. The normalized spacial score (nSPS) is 23.6. The molecule has 16 heavy (non-hydrogen) atoms. The Hall–Kier alpha value is -2.04. The van der Waals surface area contributed by atoms with Crippen molar-refractivity contribution in [2.24, 2.45) is 0 Å². The minimum atomic E-state index is -1.01. The lowest BCUT2D eigenvalue weighted by molar-refractivity contribution is -0.139. The Morgan fingerprint density at radius 2 is 1.94 bits per heavy atom. The standard InChI is InChI=1S/C11H12N2O3/c14-10(15)9-8(12-11(16)13-9)6-7-4-2-1-3-5-7/h1-5,8-9H,6H2,(H,14,15)(H2,12,13,16). The highest BCUT2D eigenvalue weighted by Gasteiger charge is 2.36. The number of carbonyl (C=O) groups is 2. The van der Waals surface area contributed by atoms with Crippen molar-refractivity contribution in [3.8, 4) is 0 Å². The maximum atomic E-state index is 11.1. The maximum absolute atomic E-state index is 11.1. The molecule has 2 atom stereocenters. The number of hydrogen-bond acceptors (Lipinski definition) is 2. The minimum Gasteiger partial charge on any atom is -0.480 e. The van der Waals surface area contributed by atoms with Gasteiger partial charge in [0.1, 0.15) is 6.04 Å². The van der Waals surface area contributed by atoms with Gasteiger partial charge in [0.05, 0.1) is 6.04 Å². The molecule has 1 aromatic rings. The summed E-state index contributed by atoms with van der Waals surface area (Å²) in [4.78, 5) is 22.0. The Kier molecular flexibility index (Phi) is 2.76. The molecule has 1 aliphatic heterocycles. The molecular weight excluding hydrogens is 208 g/mol. The molecule has 2 unspecified atom stereocenters. The predicted molar refractivity (Wildman–Crippen MR) is 57.0 cm³/mol. The third-order valence-electron chi connectivity index (χ3n) is 2.57. The van der Waals surface area contributed by atoms with Crippen LogP contribution in [0.3, 0.4) is 0 Å². The molecule has 1 saturated heterocycles. The molecule has 0 aromatic heterocycles. The van der Waals surface area contributed by atoms with Gasteiger partial charge in [-0.25, -0.2) is 9.59 Å². The van der Waals surface area contributed by atoms with Crippen molar-refractivity contribution in [2.45, 2.75) is 18.5 Å². The average Bonchev–Trinajstić information content (AvgIpc) is 2.61. The lowest BCUT2D eigenvalue weighted by Gasteiger charge is -2.14. The van der Waals surface area contributed by atoms with E-state index >= 15 is 0 Å². The van der Waals surface area contributed by atoms with E-state index in [9.17, 15) is 9.59 Å². The summed E-state index contributed by atoms with van der Waals surface area (Å²) in [6.45, 7) is 0. The van der Waals surface area contributed by atoms with Crippen molar-refractivity contribution >= 4 is 12.0 Å². The van der Waals surface area contributed by atoms with Gasteiger partial charge in [0.25, 0.3) is 0 Å². The molecule has 5 nitrogen and oxygen atoms in total. The number of carboxylic acids is 1. The number of carbonyl (C=O) groups excluding carboxylic acids is 1. The summed E-state index contributed by atoms with van der Waals surface area (Å²) >= 11 is 0. The third-order valence-corrected chi connectivity index (χ3v) is 2.57. The van der Waals surface area contributed by atoms with Gasteiger partial charge in [-0.3, -0.25) is 0 Å². The number of nitrogens with one attached hydrogen (secondary N) is 2. The van der Waals surface area contributed by atoms with Crippen LogP contribution < -0.4 is 10.6 Å². The fourth-order valence-corrected chi connectivity index (χ4v) is 1.81. The first kappa shape index (κ1) is 10.5. The Morgan fingerprint density at radius 3 is 2.56 bits per heavy atom. The molecule has 1 aliphatic rings. The van der Waals surface area contributed by atoms with Crippen LogP contribution in [0, 0.1) is 0 Å². The highest BCUT2D eigenvalue weighted by atomic mass is 16.4. The molecule has 0 aliphatic carbocycles. The van der Waals surface area contributed by atoms with Gasteiger partial charge in [-0.15, -0.1) is 0 Å². The van der Waals surface area contributed by atoms with Gasteiger partial charge in [0.15, 0.2) is 0 Å². The van der Waals surface area contributed by atoms with Crippen LogP contribution in [0.2, 0.25) is 0 Å². The first-order valence-electron chi connectivity index (χ1n) is 5.00. The average molecular weight is 220 g/mol. The zero-order valence-electron chi connectivity index (χ0n) is 8.51. The van der Waals surface area contributed by atoms with E-state index in [-0.39, 0.29) is 0 Å². The maximum Gasteiger partial charge on any atom is 0.328 e. The summed E-state index contributed by atoms with van der Waals surface area (Å²) in [6.07, 6.45) is 0.510. The molecule has 3 N–H and O–H groups in total. The Labute approximate surface area is 92.5 Å². The second kappa shape index (κ2) is 4.22. The second-order valence-electron chi connectivity index (χ2n) is 3.73. The van der Waals surface area contributed by atoms with Gasteiger partial charge >= 0.3 is 12.0 Å². The number of amides is 2. The fraction of sp³-hybridized carbons (Fsp3) is 0.273. The lowest BCUT2D eigenvalue weighted by atomic mass is 10.0. The van der Waals surface area contributed by atoms with Crippen LogP contribution >= 0.6 is 0 Å². The summed E-state index contributed by atoms with van der Waals surface area (Å²) in [5.41, 5.74) is 1.00. The summed E-state index contributed by atoms with van der Waals surface area (Å²) in [5, 5.41) is 13.9. The number of carboxylic acid groups (broad SMARTS) is 1. The van der Waals surface area contributed by atoms with E-state index in [1.807, 2.05) is 30.3 Å². The molecule has 0 saturated carbocycles. The summed E-state index contributed by atoms with van der Waals surface area (Å²) in [6, 6.07) is 7.80. The molecule has 1 heterocycles. The van der Waals surface area contributed by atoms with Crippen LogP contribution in [0.4, 0.5) is 4.79 Å². The number of hydrogen-bond donors (Lipinski definition) is 3. The second-order valence-corrected chi connectivity index (χ2v) is 3.73. The Morgan fingerprint density at radius 1 is 1.25 bits per heavy atom. The quantitative estimate of drug-likeness (QED) is 0.688. The molecule has 2 amide bonds. The molecule has 0 spiro atoms. The van der Waals surface area contributed by atoms with Gasteiger partial charge in [0.2, 0.25) is 0 Å². The molecule has 2 rings (SSSR count). The molecule has 5 heteroatoms. The van der Waals surface area contributed by atoms with Gasteiger partial charge in [0, 0.05) is 0 Å². The molecular formula is C11H12N2O3. The van der Waals surface area contributed by atoms with E-state index < -0.39 is 24.1 Å². The van der Waals surface area contributed by atoms with Crippen molar-refractivity contribution in [2.75, 3.05) is 0 Å². The largest absolute Gasteiger partial charge is 0.480 e. The minimum absolute atomic E-state index is 0.396. The van der Waals surface area contributed by atoms with Crippen LogP contribution in [0.1, 0.15) is 5.56 Å². The zero-order valence-corrected chi connectivity index (χ0v) is 8.51. The van der Waals surface area contributed by atoms with E-state index in [1.54, 1.807) is 0 Å². The number of rotatable bonds is 3. The van der Waals surface area contributed by atoms with Gasteiger partial charge < -0.3 is 15.7 Å². The highest BCUT2D eigenvalue weighted by molar-refractivity contribution is 5.87. The van der Waals surface area contributed by atoms with Gasteiger partial charge in [-0.1, -0.05) is 30.3 Å². The molecule has 0 radical (unpaired) electrons. The summed E-state index contributed by atoms with van der Waals surface area (Å²) in [7, 11) is 0. The summed E-state index contributed by atoms with van der Waals surface area (Å²) in [5.74, 6) is -1.01. The highest BCUT2D eigenvalue weighted by Crippen LogP contribution is 2.10. The van der Waals surface area contributed by atoms with Crippen LogP contribution in [0.5, 0.6) is 0 Å². The first-order chi connectivity index (χ1) is 7.66. The molecule has 1 fully saturated rings. The van der Waals surface area contributed by atoms with E-state index in [4.69, 9.17) is 5.11 Å². The first-order valence-corrected chi connectivity index (χ1v) is 5.00. The Balaban J connectivity index is 2.09. The monoisotopic (exact) mass is 220 g/mol. The van der Waals surface area contributed by atoms with E-state index in [2.05, 4.69) is 10.6 Å². The number of aliphatic carboxylic acids is 1. The van der Waals surface area contributed by atoms with Crippen LogP contribution in [0.25, 0.3) is 0 Å². The van der Waals surface area contributed by atoms with Crippen molar-refractivity contribution < 1.29 is 14.7 Å². The van der Waals surface area contributed by atoms with Crippen molar-refractivity contribution in [3.63, 3.8) is 0 Å². The van der Waals surface area contributed by atoms with Crippen molar-refractivity contribution in [1.29, 1.82) is 0 Å². The Bertz CT molecular complexity index is 405. The SMILES string of the molecule is O=C1NC(Cc2ccccc2)C(C(=O)O)N1. The number of benzene rings is 1. The number of urea groups is 1. The topological polar surface area (TPSA) is 78.4 Å². The van der Waals surface area contributed by atoms with E-state index in [0.717, 1.165) is 5.56 Å². The van der Waals surface area contributed by atoms with Gasteiger partial charge in [-0.2, -0.15) is 0 Å². The van der Waals surface area contributed by atoms with Crippen LogP contribution in [-0.2, 0) is 11.2 Å².